The molecule has 1 amide bonds. The molecule has 2 N–H and O–H groups in total. The van der Waals surface area contributed by atoms with Gasteiger partial charge in [0.2, 0.25) is 12.7 Å². The number of nitrogens with one attached hydrogen (secondary N) is 1. The lowest BCUT2D eigenvalue weighted by Crippen LogP contribution is -2.42. The molecule has 0 spiro atoms. The average molecular weight is 293 g/mol. The Hall–Kier alpha value is -2.24. The van der Waals surface area contributed by atoms with Crippen molar-refractivity contribution in [1.82, 2.24) is 5.32 Å². The van der Waals surface area contributed by atoms with E-state index in [-0.39, 0.29) is 25.0 Å². The minimum Gasteiger partial charge on any atom is -0.480 e. The molecule has 1 aromatic rings. The second-order valence-corrected chi connectivity index (χ2v) is 5.45. The Balaban J connectivity index is 1.96. The summed E-state index contributed by atoms with van der Waals surface area (Å²) in [6.45, 7) is 4.01. The Bertz CT molecular complexity index is 541. The molecule has 0 saturated heterocycles. The van der Waals surface area contributed by atoms with Crippen LogP contribution in [0.2, 0.25) is 0 Å². The molecule has 1 aromatic carbocycles. The molecular weight excluding hydrogens is 274 g/mol. The Morgan fingerprint density at radius 3 is 2.67 bits per heavy atom. The molecule has 0 aromatic heterocycles. The van der Waals surface area contributed by atoms with E-state index in [1.807, 2.05) is 13.8 Å². The normalized spacial score (nSPS) is 14.0. The van der Waals surface area contributed by atoms with E-state index in [1.54, 1.807) is 18.2 Å². The van der Waals surface area contributed by atoms with Crippen LogP contribution in [0.3, 0.4) is 0 Å². The second-order valence-electron chi connectivity index (χ2n) is 5.45. The highest BCUT2D eigenvalue weighted by Crippen LogP contribution is 2.32. The standard InChI is InChI=1S/C15H19NO5/c1-9(2)5-11(15(18)19)16-14(17)7-10-3-4-12-13(6-10)21-8-20-12/h3-4,6,9,11H,5,7-8H2,1-2H3,(H,16,17)(H,18,19). The highest BCUT2D eigenvalue weighted by Gasteiger charge is 2.21. The first-order valence-electron chi connectivity index (χ1n) is 6.86. The molecule has 1 heterocycles. The smallest absolute Gasteiger partial charge is 0.326 e. The largest absolute Gasteiger partial charge is 0.480 e. The molecule has 21 heavy (non-hydrogen) atoms. The summed E-state index contributed by atoms with van der Waals surface area (Å²) in [5, 5.41) is 11.7. The van der Waals surface area contributed by atoms with Gasteiger partial charge in [-0.05, 0) is 30.0 Å². The van der Waals surface area contributed by atoms with E-state index in [0.29, 0.717) is 17.9 Å². The van der Waals surface area contributed by atoms with Crippen LogP contribution in [0.5, 0.6) is 11.5 Å². The van der Waals surface area contributed by atoms with Crippen molar-refractivity contribution in [2.24, 2.45) is 5.92 Å². The number of carboxylic acid groups (broad SMARTS) is 1. The van der Waals surface area contributed by atoms with Gasteiger partial charge in [-0.1, -0.05) is 19.9 Å². The van der Waals surface area contributed by atoms with Gasteiger partial charge in [0.15, 0.2) is 11.5 Å². The number of hydrogen-bond donors (Lipinski definition) is 2. The zero-order chi connectivity index (χ0) is 15.4. The van der Waals surface area contributed by atoms with Crippen molar-refractivity contribution < 1.29 is 24.2 Å². The number of amides is 1. The predicted molar refractivity (Wildman–Crippen MR) is 75.3 cm³/mol. The summed E-state index contributed by atoms with van der Waals surface area (Å²) in [5.74, 6) is 0.126. The van der Waals surface area contributed by atoms with E-state index >= 15 is 0 Å². The third-order valence-corrected chi connectivity index (χ3v) is 3.14. The molecule has 114 valence electrons. The van der Waals surface area contributed by atoms with Crippen LogP contribution in [0.15, 0.2) is 18.2 Å². The fourth-order valence-electron chi connectivity index (χ4n) is 2.17. The number of benzene rings is 1. The molecule has 1 aliphatic rings. The maximum atomic E-state index is 12.0. The summed E-state index contributed by atoms with van der Waals surface area (Å²) in [7, 11) is 0. The van der Waals surface area contributed by atoms with Gasteiger partial charge >= 0.3 is 5.97 Å². The minimum atomic E-state index is -1.01. The number of carbonyl (C=O) groups excluding carboxylic acids is 1. The molecular formula is C15H19NO5. The van der Waals surface area contributed by atoms with Gasteiger partial charge in [0.05, 0.1) is 6.42 Å². The van der Waals surface area contributed by atoms with Crippen LogP contribution < -0.4 is 14.8 Å². The van der Waals surface area contributed by atoms with Crippen LogP contribution in [0.4, 0.5) is 0 Å². The maximum absolute atomic E-state index is 12.0. The first kappa shape index (κ1) is 15.2. The predicted octanol–water partition coefficient (Wildman–Crippen LogP) is 1.57. The van der Waals surface area contributed by atoms with E-state index in [0.717, 1.165) is 5.56 Å². The van der Waals surface area contributed by atoms with Gasteiger partial charge in [-0.3, -0.25) is 4.79 Å². The summed E-state index contributed by atoms with van der Waals surface area (Å²) in [4.78, 5) is 23.1. The van der Waals surface area contributed by atoms with E-state index < -0.39 is 12.0 Å². The third-order valence-electron chi connectivity index (χ3n) is 3.14. The zero-order valence-electron chi connectivity index (χ0n) is 12.1. The lowest BCUT2D eigenvalue weighted by molar-refractivity contribution is -0.142. The van der Waals surface area contributed by atoms with Gasteiger partial charge in [0, 0.05) is 0 Å². The average Bonchev–Trinajstić information content (AvgIpc) is 2.84. The molecule has 1 atom stereocenters. The third kappa shape index (κ3) is 4.11. The van der Waals surface area contributed by atoms with Crippen molar-refractivity contribution in [3.63, 3.8) is 0 Å². The van der Waals surface area contributed by atoms with Crippen LogP contribution in [-0.2, 0) is 16.0 Å². The van der Waals surface area contributed by atoms with Crippen LogP contribution in [0, 0.1) is 5.92 Å². The molecule has 6 nitrogen and oxygen atoms in total. The lowest BCUT2D eigenvalue weighted by atomic mass is 10.0. The van der Waals surface area contributed by atoms with Gasteiger partial charge < -0.3 is 19.9 Å². The fraction of sp³-hybridized carbons (Fsp3) is 0.467. The highest BCUT2D eigenvalue weighted by atomic mass is 16.7. The molecule has 0 fully saturated rings. The van der Waals surface area contributed by atoms with Crippen LogP contribution in [0.25, 0.3) is 0 Å². The highest BCUT2D eigenvalue weighted by molar-refractivity contribution is 5.85. The van der Waals surface area contributed by atoms with E-state index in [2.05, 4.69) is 5.32 Å². The summed E-state index contributed by atoms with van der Waals surface area (Å²) >= 11 is 0. The lowest BCUT2D eigenvalue weighted by Gasteiger charge is -2.16. The number of carboxylic acids is 1. The zero-order valence-corrected chi connectivity index (χ0v) is 12.1. The number of ether oxygens (including phenoxy) is 2. The van der Waals surface area contributed by atoms with Gasteiger partial charge in [0.1, 0.15) is 6.04 Å². The van der Waals surface area contributed by atoms with Gasteiger partial charge in [-0.2, -0.15) is 0 Å². The van der Waals surface area contributed by atoms with E-state index in [4.69, 9.17) is 14.6 Å². The number of hydrogen-bond acceptors (Lipinski definition) is 4. The van der Waals surface area contributed by atoms with Crippen LogP contribution in [-0.4, -0.2) is 29.8 Å². The number of rotatable bonds is 6. The van der Waals surface area contributed by atoms with E-state index in [9.17, 15) is 9.59 Å². The first-order chi connectivity index (χ1) is 9.95. The van der Waals surface area contributed by atoms with Crippen LogP contribution in [0.1, 0.15) is 25.8 Å². The van der Waals surface area contributed by atoms with Crippen molar-refractivity contribution in [2.45, 2.75) is 32.7 Å². The SMILES string of the molecule is CC(C)CC(NC(=O)Cc1ccc2c(c1)OCO2)C(=O)O. The molecule has 2 rings (SSSR count). The fourth-order valence-corrected chi connectivity index (χ4v) is 2.17. The number of fused-ring (bicyclic) bond motifs is 1. The van der Waals surface area contributed by atoms with Crippen molar-refractivity contribution >= 4 is 11.9 Å². The van der Waals surface area contributed by atoms with Crippen LogP contribution >= 0.6 is 0 Å². The van der Waals surface area contributed by atoms with Gasteiger partial charge in [0.25, 0.3) is 0 Å². The molecule has 0 saturated carbocycles. The molecule has 0 aliphatic carbocycles. The van der Waals surface area contributed by atoms with Crippen molar-refractivity contribution in [3.05, 3.63) is 23.8 Å². The summed E-state index contributed by atoms with van der Waals surface area (Å²) < 4.78 is 10.4. The molecule has 0 bridgehead atoms. The maximum Gasteiger partial charge on any atom is 0.326 e. The Morgan fingerprint density at radius 1 is 1.29 bits per heavy atom. The Kier molecular flexibility index (Phi) is 4.67. The monoisotopic (exact) mass is 293 g/mol. The minimum absolute atomic E-state index is 0.110. The van der Waals surface area contributed by atoms with Gasteiger partial charge in [-0.25, -0.2) is 4.79 Å². The number of carbonyl (C=O) groups is 2. The molecule has 6 heteroatoms. The van der Waals surface area contributed by atoms with Crippen molar-refractivity contribution in [2.75, 3.05) is 6.79 Å². The Labute approximate surface area is 123 Å². The van der Waals surface area contributed by atoms with Crippen molar-refractivity contribution in [1.29, 1.82) is 0 Å². The Morgan fingerprint density at radius 2 is 2.00 bits per heavy atom. The van der Waals surface area contributed by atoms with E-state index in [1.165, 1.54) is 0 Å². The second kappa shape index (κ2) is 6.47. The number of aliphatic carboxylic acids is 1. The summed E-state index contributed by atoms with van der Waals surface area (Å²) in [6, 6.07) is 4.39. The molecule has 1 aliphatic heterocycles. The first-order valence-corrected chi connectivity index (χ1v) is 6.86. The van der Waals surface area contributed by atoms with Crippen molar-refractivity contribution in [3.8, 4) is 11.5 Å². The quantitative estimate of drug-likeness (QED) is 0.831. The summed E-state index contributed by atoms with van der Waals surface area (Å²) in [5.41, 5.74) is 0.755. The van der Waals surface area contributed by atoms with Gasteiger partial charge in [-0.15, -0.1) is 0 Å². The topological polar surface area (TPSA) is 84.9 Å². The molecule has 1 unspecified atom stereocenters. The molecule has 0 radical (unpaired) electrons. The summed E-state index contributed by atoms with van der Waals surface area (Å²) in [6.07, 6.45) is 0.515.